The van der Waals surface area contributed by atoms with Crippen LogP contribution in [0.1, 0.15) is 5.56 Å². The van der Waals surface area contributed by atoms with Crippen molar-refractivity contribution in [2.75, 3.05) is 6.54 Å². The number of nitrogens with zero attached hydrogens (tertiary/aromatic N) is 1. The first-order chi connectivity index (χ1) is 8.24. The Kier molecular flexibility index (Phi) is 2.30. The van der Waals surface area contributed by atoms with Gasteiger partial charge in [-0.25, -0.2) is 0 Å². The first-order valence-corrected chi connectivity index (χ1v) is 5.61. The van der Waals surface area contributed by atoms with E-state index in [0.29, 0.717) is 12.2 Å². The second kappa shape index (κ2) is 3.82. The van der Waals surface area contributed by atoms with Crippen LogP contribution in [0.2, 0.25) is 0 Å². The fourth-order valence-corrected chi connectivity index (χ4v) is 2.20. The summed E-state index contributed by atoms with van der Waals surface area (Å²) < 4.78 is 0. The summed E-state index contributed by atoms with van der Waals surface area (Å²) in [5.41, 5.74) is 3.75. The molecule has 1 aromatic carbocycles. The van der Waals surface area contributed by atoms with Crippen LogP contribution in [0.15, 0.2) is 41.5 Å². The van der Waals surface area contributed by atoms with Crippen molar-refractivity contribution in [1.82, 2.24) is 10.6 Å². The Morgan fingerprint density at radius 1 is 1.35 bits per heavy atom. The summed E-state index contributed by atoms with van der Waals surface area (Å²) in [5, 5.41) is 5.91. The van der Waals surface area contributed by atoms with E-state index < -0.39 is 0 Å². The zero-order valence-electron chi connectivity index (χ0n) is 9.36. The van der Waals surface area contributed by atoms with E-state index in [1.807, 2.05) is 24.3 Å². The number of amides is 1. The van der Waals surface area contributed by atoms with E-state index >= 15 is 0 Å². The van der Waals surface area contributed by atoms with Crippen LogP contribution in [-0.4, -0.2) is 24.2 Å². The molecule has 1 atom stereocenters. The van der Waals surface area contributed by atoms with Crippen molar-refractivity contribution in [3.63, 3.8) is 0 Å². The van der Waals surface area contributed by atoms with E-state index in [1.165, 1.54) is 5.56 Å². The lowest BCUT2D eigenvalue weighted by atomic mass is 10.0. The van der Waals surface area contributed by atoms with E-state index in [1.54, 1.807) is 0 Å². The van der Waals surface area contributed by atoms with Crippen molar-refractivity contribution in [3.05, 3.63) is 42.1 Å². The zero-order chi connectivity index (χ0) is 11.8. The van der Waals surface area contributed by atoms with Crippen molar-refractivity contribution in [2.45, 2.75) is 12.5 Å². The average Bonchev–Trinajstić information content (AvgIpc) is 2.72. The predicted octanol–water partition coefficient (Wildman–Crippen LogP) is 0.917. The molecule has 2 N–H and O–H groups in total. The number of para-hydroxylation sites is 1. The molecule has 0 aliphatic carbocycles. The van der Waals surface area contributed by atoms with Gasteiger partial charge in [0.2, 0.25) is 5.91 Å². The Bertz CT molecular complexity index is 533. The van der Waals surface area contributed by atoms with Gasteiger partial charge in [0, 0.05) is 24.4 Å². The van der Waals surface area contributed by atoms with Gasteiger partial charge >= 0.3 is 0 Å². The third-order valence-electron chi connectivity index (χ3n) is 3.04. The average molecular weight is 227 g/mol. The molecule has 4 heteroatoms. The van der Waals surface area contributed by atoms with Crippen LogP contribution in [0, 0.1) is 0 Å². The molecular formula is C13H13N3O. The molecular weight excluding hydrogens is 214 g/mol. The largest absolute Gasteiger partial charge is 0.327 e. The molecule has 4 nitrogen and oxygen atoms in total. The maximum atomic E-state index is 11.8. The summed E-state index contributed by atoms with van der Waals surface area (Å²) in [4.78, 5) is 16.3. The van der Waals surface area contributed by atoms with Gasteiger partial charge in [0.05, 0.1) is 5.69 Å². The number of piperazine rings is 1. The third kappa shape index (κ3) is 1.76. The summed E-state index contributed by atoms with van der Waals surface area (Å²) in [6.07, 6.45) is 0.744. The molecule has 86 valence electrons. The number of fused-ring (bicyclic) bond motifs is 1. The Morgan fingerprint density at radius 2 is 2.18 bits per heavy atom. The first kappa shape index (κ1) is 10.2. The van der Waals surface area contributed by atoms with Gasteiger partial charge in [-0.05, 0) is 11.6 Å². The monoisotopic (exact) mass is 227 g/mol. The highest BCUT2D eigenvalue weighted by Crippen LogP contribution is 2.27. The van der Waals surface area contributed by atoms with Crippen molar-refractivity contribution in [1.29, 1.82) is 0 Å². The van der Waals surface area contributed by atoms with E-state index in [2.05, 4.69) is 22.2 Å². The van der Waals surface area contributed by atoms with E-state index in [-0.39, 0.29) is 11.9 Å². The molecule has 2 heterocycles. The molecule has 1 unspecified atom stereocenters. The van der Waals surface area contributed by atoms with Crippen LogP contribution >= 0.6 is 0 Å². The van der Waals surface area contributed by atoms with Gasteiger partial charge in [-0.3, -0.25) is 15.1 Å². The lowest BCUT2D eigenvalue weighted by molar-refractivity contribution is -0.121. The maximum absolute atomic E-state index is 11.8. The second-order valence-corrected chi connectivity index (χ2v) is 4.32. The van der Waals surface area contributed by atoms with Gasteiger partial charge in [0.15, 0.2) is 0 Å². The second-order valence-electron chi connectivity index (χ2n) is 4.32. The molecule has 1 amide bonds. The van der Waals surface area contributed by atoms with Gasteiger partial charge in [-0.1, -0.05) is 24.8 Å². The Morgan fingerprint density at radius 3 is 2.94 bits per heavy atom. The smallest absolute Gasteiger partial charge is 0.247 e. The van der Waals surface area contributed by atoms with E-state index in [0.717, 1.165) is 17.8 Å². The molecule has 2 aliphatic rings. The van der Waals surface area contributed by atoms with Crippen LogP contribution in [0.5, 0.6) is 0 Å². The standard InChI is InChI=1S/C13H13N3O/c1-8-7-14-12(13(17)15-8)11-6-9-4-2-3-5-10(9)16-11/h2-5,12,14H,1,6-7H2,(H,15,17). The molecule has 1 fully saturated rings. The van der Waals surface area contributed by atoms with Crippen molar-refractivity contribution in [2.24, 2.45) is 4.99 Å². The molecule has 0 spiro atoms. The molecule has 17 heavy (non-hydrogen) atoms. The Hall–Kier alpha value is -1.94. The zero-order valence-corrected chi connectivity index (χ0v) is 9.36. The summed E-state index contributed by atoms with van der Waals surface area (Å²) in [6, 6.07) is 7.65. The third-order valence-corrected chi connectivity index (χ3v) is 3.04. The summed E-state index contributed by atoms with van der Waals surface area (Å²) >= 11 is 0. The van der Waals surface area contributed by atoms with Gasteiger partial charge < -0.3 is 5.32 Å². The number of carbonyl (C=O) groups excluding carboxylic acids is 1. The number of carbonyl (C=O) groups is 1. The lowest BCUT2D eigenvalue weighted by Gasteiger charge is -2.24. The number of aliphatic imine (C=N–C) groups is 1. The molecule has 0 aromatic heterocycles. The maximum Gasteiger partial charge on any atom is 0.247 e. The van der Waals surface area contributed by atoms with E-state index in [4.69, 9.17) is 0 Å². The fourth-order valence-electron chi connectivity index (χ4n) is 2.20. The van der Waals surface area contributed by atoms with Gasteiger partial charge in [-0.15, -0.1) is 0 Å². The number of rotatable bonds is 1. The first-order valence-electron chi connectivity index (χ1n) is 5.61. The number of hydrogen-bond donors (Lipinski definition) is 2. The number of benzene rings is 1. The highest BCUT2D eigenvalue weighted by Gasteiger charge is 2.30. The summed E-state index contributed by atoms with van der Waals surface area (Å²) in [6.45, 7) is 4.33. The predicted molar refractivity (Wildman–Crippen MR) is 66.3 cm³/mol. The molecule has 2 aliphatic heterocycles. The Balaban J connectivity index is 1.84. The van der Waals surface area contributed by atoms with Crippen LogP contribution in [-0.2, 0) is 11.2 Å². The summed E-state index contributed by atoms with van der Waals surface area (Å²) in [5.74, 6) is -0.0622. The van der Waals surface area contributed by atoms with Crippen molar-refractivity contribution in [3.8, 4) is 0 Å². The number of nitrogens with one attached hydrogen (secondary N) is 2. The van der Waals surface area contributed by atoms with Gasteiger partial charge in [0.1, 0.15) is 6.04 Å². The minimum atomic E-state index is -0.326. The van der Waals surface area contributed by atoms with Crippen molar-refractivity contribution >= 4 is 17.3 Å². The van der Waals surface area contributed by atoms with Crippen LogP contribution in [0.25, 0.3) is 0 Å². The minimum absolute atomic E-state index is 0.0622. The number of hydrogen-bond acceptors (Lipinski definition) is 3. The van der Waals surface area contributed by atoms with Crippen LogP contribution < -0.4 is 10.6 Å². The van der Waals surface area contributed by atoms with Crippen molar-refractivity contribution < 1.29 is 4.79 Å². The normalized spacial score (nSPS) is 23.1. The fraction of sp³-hybridized carbons (Fsp3) is 0.231. The minimum Gasteiger partial charge on any atom is -0.327 e. The molecule has 0 saturated carbocycles. The SMILES string of the molecule is C=C1CNC(C2=Nc3ccccc3C2)C(=O)N1. The molecule has 0 radical (unpaired) electrons. The summed E-state index contributed by atoms with van der Waals surface area (Å²) in [7, 11) is 0. The molecule has 0 bridgehead atoms. The highest BCUT2D eigenvalue weighted by atomic mass is 16.2. The molecule has 3 rings (SSSR count). The van der Waals surface area contributed by atoms with Gasteiger partial charge in [0.25, 0.3) is 0 Å². The highest BCUT2D eigenvalue weighted by molar-refractivity contribution is 6.12. The lowest BCUT2D eigenvalue weighted by Crippen LogP contribution is -2.55. The van der Waals surface area contributed by atoms with Gasteiger partial charge in [-0.2, -0.15) is 0 Å². The topological polar surface area (TPSA) is 53.5 Å². The quantitative estimate of drug-likeness (QED) is 0.749. The van der Waals surface area contributed by atoms with Crippen LogP contribution in [0.4, 0.5) is 5.69 Å². The Labute approximate surface area is 99.4 Å². The van der Waals surface area contributed by atoms with Crippen LogP contribution in [0.3, 0.4) is 0 Å². The van der Waals surface area contributed by atoms with E-state index in [9.17, 15) is 4.79 Å². The molecule has 1 aromatic rings. The molecule has 1 saturated heterocycles.